The van der Waals surface area contributed by atoms with Crippen LogP contribution in [0.15, 0.2) is 24.4 Å². The van der Waals surface area contributed by atoms with Crippen LogP contribution in [0.2, 0.25) is 0 Å². The number of nitrogens with zero attached hydrogens (tertiary/aromatic N) is 2. The van der Waals surface area contributed by atoms with E-state index >= 15 is 0 Å². The van der Waals surface area contributed by atoms with Crippen molar-refractivity contribution in [1.82, 2.24) is 9.55 Å². The molecule has 0 aliphatic rings. The van der Waals surface area contributed by atoms with Crippen molar-refractivity contribution in [2.45, 2.75) is 0 Å². The molecule has 4 nitrogen and oxygen atoms in total. The van der Waals surface area contributed by atoms with E-state index in [4.69, 9.17) is 5.11 Å². The van der Waals surface area contributed by atoms with E-state index in [0.29, 0.717) is 18.2 Å². The number of rotatable bonds is 3. The first kappa shape index (κ1) is 15.2. The van der Waals surface area contributed by atoms with Crippen molar-refractivity contribution in [3.63, 3.8) is 0 Å². The van der Waals surface area contributed by atoms with Gasteiger partial charge in [-0.3, -0.25) is 4.79 Å². The lowest BCUT2D eigenvalue weighted by atomic mass is 10.1. The summed E-state index contributed by atoms with van der Waals surface area (Å²) in [6.45, 7) is 0. The number of fused-ring (bicyclic) bond motifs is 1. The number of allylic oxidation sites excluding steroid dienone is 1. The maximum Gasteiger partial charge on any atom is 0.142 e. The molecule has 1 atom stereocenters. The molecule has 7 heteroatoms. The number of aromatic nitrogens is 2. The smallest absolute Gasteiger partial charge is 0.142 e. The van der Waals surface area contributed by atoms with Gasteiger partial charge in [0.2, 0.25) is 0 Å². The van der Waals surface area contributed by atoms with Gasteiger partial charge >= 0.3 is 0 Å². The zero-order valence-electron chi connectivity index (χ0n) is 9.47. The summed E-state index contributed by atoms with van der Waals surface area (Å²) >= 11 is 2.21. The van der Waals surface area contributed by atoms with Crippen molar-refractivity contribution < 1.29 is 14.3 Å². The molecule has 0 amide bonds. The number of carbonyl (C=O) groups is 1. The maximum atomic E-state index is 13.6. The fraction of sp³-hybridized carbons (Fsp3) is 0.0909. The lowest BCUT2D eigenvalue weighted by Gasteiger charge is -2.00. The average molecular weight is 380 g/mol. The third-order valence-electron chi connectivity index (χ3n) is 2.12. The monoisotopic (exact) mass is 380 g/mol. The van der Waals surface area contributed by atoms with Crippen LogP contribution in [-0.4, -0.2) is 28.1 Å². The number of aliphatic hydroxyl groups excluding tert-OH is 1. The van der Waals surface area contributed by atoms with Crippen molar-refractivity contribution in [2.75, 3.05) is 7.11 Å². The van der Waals surface area contributed by atoms with E-state index in [2.05, 4.69) is 27.1 Å². The summed E-state index contributed by atoms with van der Waals surface area (Å²) in [5.74, 6) is -0.345. The van der Waals surface area contributed by atoms with E-state index in [1.165, 1.54) is 18.2 Å². The van der Waals surface area contributed by atoms with E-state index in [1.54, 1.807) is 16.7 Å². The third-order valence-corrected chi connectivity index (χ3v) is 4.01. The highest BCUT2D eigenvalue weighted by molar-refractivity contribution is 14.2. The molecule has 0 spiro atoms. The van der Waals surface area contributed by atoms with Gasteiger partial charge in [0.1, 0.15) is 12.1 Å². The molecular weight excluding hydrogens is 369 g/mol. The van der Waals surface area contributed by atoms with Gasteiger partial charge in [-0.2, -0.15) is 5.10 Å². The summed E-state index contributed by atoms with van der Waals surface area (Å²) in [7, 11) is 1.00. The molecule has 0 saturated heterocycles. The van der Waals surface area contributed by atoms with Crippen LogP contribution in [0, 0.1) is 5.82 Å². The molecular formula is C11H11FIN2O2P. The van der Waals surface area contributed by atoms with Gasteiger partial charge in [-0.1, -0.05) is 0 Å². The highest BCUT2D eigenvalue weighted by Gasteiger charge is 2.06. The minimum absolute atomic E-state index is 0.345. The van der Waals surface area contributed by atoms with E-state index in [-0.39, 0.29) is 5.82 Å². The Labute approximate surface area is 118 Å². The van der Waals surface area contributed by atoms with Crippen molar-refractivity contribution in [3.8, 4) is 0 Å². The van der Waals surface area contributed by atoms with Gasteiger partial charge in [0.15, 0.2) is 0 Å². The molecule has 2 aromatic rings. The van der Waals surface area contributed by atoms with Crippen molar-refractivity contribution in [1.29, 1.82) is 0 Å². The molecule has 0 bridgehead atoms. The fourth-order valence-electron chi connectivity index (χ4n) is 1.40. The Morgan fingerprint density at radius 2 is 2.22 bits per heavy atom. The molecule has 1 aromatic heterocycles. The van der Waals surface area contributed by atoms with Crippen LogP contribution >= 0.6 is 28.4 Å². The molecule has 0 fully saturated rings. The second-order valence-electron chi connectivity index (χ2n) is 3.07. The quantitative estimate of drug-likeness (QED) is 0.386. The van der Waals surface area contributed by atoms with E-state index in [0.717, 1.165) is 18.0 Å². The van der Waals surface area contributed by atoms with E-state index in [1.807, 2.05) is 0 Å². The number of hydrogen-bond acceptors (Lipinski definition) is 3. The van der Waals surface area contributed by atoms with Crippen LogP contribution in [-0.2, 0) is 4.79 Å². The highest BCUT2D eigenvalue weighted by Crippen LogP contribution is 2.29. The second-order valence-corrected chi connectivity index (χ2v) is 5.11. The number of aliphatic hydroxyl groups is 1. The van der Waals surface area contributed by atoms with Crippen LogP contribution in [0.3, 0.4) is 0 Å². The normalized spacial score (nSPS) is 11.1. The first-order chi connectivity index (χ1) is 8.76. The van der Waals surface area contributed by atoms with Gasteiger partial charge in [-0.05, 0) is 46.3 Å². The lowest BCUT2D eigenvalue weighted by molar-refractivity contribution is -0.104. The molecule has 1 aromatic carbocycles. The number of benzene rings is 1. The van der Waals surface area contributed by atoms with Gasteiger partial charge in [-0.25, -0.2) is 8.84 Å². The van der Waals surface area contributed by atoms with E-state index < -0.39 is 0 Å². The molecule has 1 N–H and O–H groups in total. The van der Waals surface area contributed by atoms with Crippen molar-refractivity contribution in [3.05, 3.63) is 35.8 Å². The van der Waals surface area contributed by atoms with E-state index in [9.17, 15) is 9.18 Å². The molecule has 0 aliphatic heterocycles. The number of halogens is 2. The summed E-state index contributed by atoms with van der Waals surface area (Å²) in [5.41, 5.74) is 1.27. The first-order valence-corrected chi connectivity index (χ1v) is 8.93. The summed E-state index contributed by atoms with van der Waals surface area (Å²) in [5, 5.41) is 11.9. The Morgan fingerprint density at radius 3 is 2.83 bits per heavy atom. The Balaban J connectivity index is 0.000000771. The maximum absolute atomic E-state index is 13.6. The fourth-order valence-corrected chi connectivity index (χ4v) is 2.94. The molecule has 0 saturated carbocycles. The SMILES string of the molecule is CO.O=C/C=C/c1cc2c(cnn2PI)cc1F. The summed E-state index contributed by atoms with van der Waals surface area (Å²) in [6, 6.07) is 3.13. The van der Waals surface area contributed by atoms with Gasteiger partial charge in [0.25, 0.3) is 0 Å². The van der Waals surface area contributed by atoms with Gasteiger partial charge in [0.05, 0.1) is 18.1 Å². The zero-order chi connectivity index (χ0) is 13.5. The van der Waals surface area contributed by atoms with Gasteiger partial charge in [0, 0.05) is 18.1 Å². The predicted molar refractivity (Wildman–Crippen MR) is 80.7 cm³/mol. The van der Waals surface area contributed by atoms with Crippen molar-refractivity contribution >= 4 is 51.7 Å². The second kappa shape index (κ2) is 7.56. The van der Waals surface area contributed by atoms with Crippen LogP contribution in [0.4, 0.5) is 4.39 Å². The van der Waals surface area contributed by atoms with Gasteiger partial charge in [-0.15, -0.1) is 0 Å². The summed E-state index contributed by atoms with van der Waals surface area (Å²) in [4.78, 5) is 10.2. The largest absolute Gasteiger partial charge is 0.400 e. The predicted octanol–water partition coefficient (Wildman–Crippen LogP) is 2.79. The topological polar surface area (TPSA) is 55.1 Å². The lowest BCUT2D eigenvalue weighted by Crippen LogP contribution is -1.86. The standard InChI is InChI=1S/C10H7FIN2OP.CH4O/c11-9-4-8-6-13-14(16-12)10(8)5-7(9)2-1-3-15;1-2/h1-6,16H;2H,1H3/b2-1+;. The molecule has 96 valence electrons. The first-order valence-electron chi connectivity index (χ1n) is 4.87. The summed E-state index contributed by atoms with van der Waals surface area (Å²) in [6.07, 6.45) is 5.45. The molecule has 2 rings (SSSR count). The Bertz CT molecular complexity index is 571. The minimum atomic E-state index is -0.345. The number of aldehydes is 1. The van der Waals surface area contributed by atoms with Crippen molar-refractivity contribution in [2.24, 2.45) is 0 Å². The van der Waals surface area contributed by atoms with Crippen LogP contribution in [0.1, 0.15) is 5.56 Å². The average Bonchev–Trinajstić information content (AvgIpc) is 2.80. The minimum Gasteiger partial charge on any atom is -0.400 e. The molecule has 0 aliphatic carbocycles. The molecule has 1 unspecified atom stereocenters. The van der Waals surface area contributed by atoms with Gasteiger partial charge < -0.3 is 5.11 Å². The van der Waals surface area contributed by atoms with Crippen LogP contribution in [0.25, 0.3) is 17.0 Å². The van der Waals surface area contributed by atoms with Crippen LogP contribution in [0.5, 0.6) is 0 Å². The molecule has 0 radical (unpaired) electrons. The Kier molecular flexibility index (Phi) is 6.38. The molecule has 1 heterocycles. The molecule has 18 heavy (non-hydrogen) atoms. The Morgan fingerprint density at radius 1 is 1.50 bits per heavy atom. The number of carbonyl (C=O) groups excluding carboxylic acids is 1. The van der Waals surface area contributed by atoms with Crippen LogP contribution < -0.4 is 0 Å². The highest BCUT2D eigenvalue weighted by atomic mass is 127. The Hall–Kier alpha value is -0.850. The number of hydrogen-bond donors (Lipinski definition) is 1. The third kappa shape index (κ3) is 3.34. The zero-order valence-corrected chi connectivity index (χ0v) is 12.6. The summed E-state index contributed by atoms with van der Waals surface area (Å²) < 4.78 is 15.4.